The SMILES string of the molecule is CCC(=O)Nc1ccc(Cc2nnc3c(-c4cc(OC)cc(OC)c4Cl)cc4cnc(NCCN5CCOCC5)nc4n23)cc1. The molecule has 3 aromatic heterocycles. The van der Waals surface area contributed by atoms with Gasteiger partial charge in [0.05, 0.1) is 32.5 Å². The highest BCUT2D eigenvalue weighted by Gasteiger charge is 2.21. The molecule has 1 amide bonds. The van der Waals surface area contributed by atoms with E-state index in [1.54, 1.807) is 26.5 Å². The molecule has 2 aromatic carbocycles. The van der Waals surface area contributed by atoms with Gasteiger partial charge in [0.1, 0.15) is 17.3 Å². The molecule has 1 aliphatic rings. The minimum absolute atomic E-state index is 0.0351. The molecule has 0 spiro atoms. The Kier molecular flexibility index (Phi) is 9.24. The summed E-state index contributed by atoms with van der Waals surface area (Å²) in [6.45, 7) is 6.71. The third-order valence-electron chi connectivity index (χ3n) is 7.77. The van der Waals surface area contributed by atoms with Crippen LogP contribution >= 0.6 is 11.6 Å². The molecule has 0 unspecified atom stereocenters. The number of benzene rings is 2. The maximum Gasteiger partial charge on any atom is 0.224 e. The quantitative estimate of drug-likeness (QED) is 0.212. The van der Waals surface area contributed by atoms with Crippen molar-refractivity contribution in [3.63, 3.8) is 0 Å². The lowest BCUT2D eigenvalue weighted by atomic mass is 10.0. The molecular formula is C32H35ClN8O4. The van der Waals surface area contributed by atoms with Crippen LogP contribution in [0.25, 0.3) is 27.8 Å². The molecule has 1 aliphatic heterocycles. The predicted molar refractivity (Wildman–Crippen MR) is 174 cm³/mol. The van der Waals surface area contributed by atoms with Gasteiger partial charge in [-0.3, -0.25) is 14.1 Å². The van der Waals surface area contributed by atoms with Crippen LogP contribution < -0.4 is 20.1 Å². The summed E-state index contributed by atoms with van der Waals surface area (Å²) in [6, 6.07) is 13.3. The number of methoxy groups -OCH3 is 2. The molecule has 45 heavy (non-hydrogen) atoms. The molecule has 13 heteroatoms. The van der Waals surface area contributed by atoms with Crippen LogP contribution in [0.5, 0.6) is 11.5 Å². The fraction of sp³-hybridized carbons (Fsp3) is 0.344. The topological polar surface area (TPSA) is 128 Å². The summed E-state index contributed by atoms with van der Waals surface area (Å²) < 4.78 is 18.5. The summed E-state index contributed by atoms with van der Waals surface area (Å²) in [7, 11) is 3.16. The largest absolute Gasteiger partial charge is 0.497 e. The van der Waals surface area contributed by atoms with Crippen LogP contribution in [-0.4, -0.2) is 89.0 Å². The Labute approximate surface area is 265 Å². The lowest BCUT2D eigenvalue weighted by molar-refractivity contribution is -0.115. The molecular weight excluding hydrogens is 596 g/mol. The van der Waals surface area contributed by atoms with Gasteiger partial charge in [0.2, 0.25) is 11.9 Å². The van der Waals surface area contributed by atoms with E-state index in [1.807, 2.05) is 47.7 Å². The number of amides is 1. The first-order valence-corrected chi connectivity index (χ1v) is 15.2. The normalized spacial score (nSPS) is 13.7. The van der Waals surface area contributed by atoms with Crippen molar-refractivity contribution in [1.29, 1.82) is 0 Å². The number of nitrogens with zero attached hydrogens (tertiary/aromatic N) is 6. The van der Waals surface area contributed by atoms with Crippen LogP contribution in [-0.2, 0) is 16.0 Å². The number of hydrogen-bond donors (Lipinski definition) is 2. The number of morpholine rings is 1. The van der Waals surface area contributed by atoms with E-state index in [1.165, 1.54) is 0 Å². The second-order valence-corrected chi connectivity index (χ2v) is 11.0. The molecule has 12 nitrogen and oxygen atoms in total. The van der Waals surface area contributed by atoms with E-state index in [-0.39, 0.29) is 5.91 Å². The van der Waals surface area contributed by atoms with Gasteiger partial charge in [-0.1, -0.05) is 30.7 Å². The van der Waals surface area contributed by atoms with Crippen molar-refractivity contribution in [3.05, 3.63) is 65.1 Å². The highest BCUT2D eigenvalue weighted by molar-refractivity contribution is 6.35. The Morgan fingerprint density at radius 1 is 1.02 bits per heavy atom. The second-order valence-electron chi connectivity index (χ2n) is 10.7. The fourth-order valence-corrected chi connectivity index (χ4v) is 5.61. The second kappa shape index (κ2) is 13.6. The van der Waals surface area contributed by atoms with E-state index in [2.05, 4.69) is 30.7 Å². The zero-order chi connectivity index (χ0) is 31.3. The predicted octanol–water partition coefficient (Wildman–Crippen LogP) is 4.69. The summed E-state index contributed by atoms with van der Waals surface area (Å²) in [5.41, 5.74) is 4.40. The third-order valence-corrected chi connectivity index (χ3v) is 8.16. The molecule has 2 N–H and O–H groups in total. The van der Waals surface area contributed by atoms with Crippen molar-refractivity contribution in [1.82, 2.24) is 29.5 Å². The first kappa shape index (κ1) is 30.5. The molecule has 4 heterocycles. The van der Waals surface area contributed by atoms with E-state index >= 15 is 0 Å². The maximum atomic E-state index is 11.8. The van der Waals surface area contributed by atoms with Gasteiger partial charge in [-0.05, 0) is 29.8 Å². The van der Waals surface area contributed by atoms with Crippen LogP contribution in [0.4, 0.5) is 11.6 Å². The number of halogens is 1. The van der Waals surface area contributed by atoms with Crippen LogP contribution in [0.15, 0.2) is 48.7 Å². The molecule has 0 atom stereocenters. The molecule has 6 rings (SSSR count). The molecule has 1 saturated heterocycles. The summed E-state index contributed by atoms with van der Waals surface area (Å²) in [4.78, 5) is 23.7. The average Bonchev–Trinajstić information content (AvgIpc) is 3.49. The number of nitrogens with one attached hydrogen (secondary N) is 2. The van der Waals surface area contributed by atoms with Gasteiger partial charge in [-0.15, -0.1) is 10.2 Å². The average molecular weight is 631 g/mol. The zero-order valence-corrected chi connectivity index (χ0v) is 26.2. The standard InChI is InChI=1S/C32H35ClN8O4/c1-4-28(42)36-22-7-5-20(6-8-22)15-27-38-39-31-25(24-17-23(43-2)18-26(44-3)29(24)33)16-21-19-35-32(37-30(21)41(27)31)34-9-10-40-11-13-45-14-12-40/h5-8,16-19H,4,9-15H2,1-3H3,(H,36,42)(H,34,35,37). The highest BCUT2D eigenvalue weighted by Crippen LogP contribution is 2.41. The van der Waals surface area contributed by atoms with E-state index in [0.717, 1.165) is 55.0 Å². The number of carbonyl (C=O) groups excluding carboxylic acids is 1. The number of hydrogen-bond acceptors (Lipinski definition) is 10. The van der Waals surface area contributed by atoms with Gasteiger partial charge in [0, 0.05) is 73.5 Å². The molecule has 1 fully saturated rings. The van der Waals surface area contributed by atoms with E-state index in [0.29, 0.717) is 64.5 Å². The van der Waals surface area contributed by atoms with Gasteiger partial charge >= 0.3 is 0 Å². The number of carbonyl (C=O) groups is 1. The lowest BCUT2D eigenvalue weighted by Gasteiger charge is -2.26. The zero-order valence-electron chi connectivity index (χ0n) is 25.5. The van der Waals surface area contributed by atoms with Crippen LogP contribution in [0.1, 0.15) is 24.7 Å². The van der Waals surface area contributed by atoms with E-state index in [9.17, 15) is 4.79 Å². The Morgan fingerprint density at radius 2 is 1.82 bits per heavy atom. The maximum absolute atomic E-state index is 11.8. The number of rotatable bonds is 11. The number of anilines is 2. The van der Waals surface area contributed by atoms with Gasteiger partial charge < -0.3 is 24.8 Å². The first-order chi connectivity index (χ1) is 22.0. The summed E-state index contributed by atoms with van der Waals surface area (Å²) in [5, 5.41) is 16.7. The van der Waals surface area contributed by atoms with Crippen LogP contribution in [0.2, 0.25) is 5.02 Å². The summed E-state index contributed by atoms with van der Waals surface area (Å²) in [6.07, 6.45) is 2.68. The molecule has 234 valence electrons. The van der Waals surface area contributed by atoms with Gasteiger partial charge in [-0.25, -0.2) is 4.98 Å². The van der Waals surface area contributed by atoms with Crippen molar-refractivity contribution < 1.29 is 19.0 Å². The van der Waals surface area contributed by atoms with Crippen LogP contribution in [0, 0.1) is 0 Å². The Bertz CT molecular complexity index is 1820. The summed E-state index contributed by atoms with van der Waals surface area (Å²) >= 11 is 6.85. The Balaban J connectivity index is 1.42. The third kappa shape index (κ3) is 6.63. The minimum atomic E-state index is -0.0351. The molecule has 0 radical (unpaired) electrons. The lowest BCUT2D eigenvalue weighted by Crippen LogP contribution is -2.39. The van der Waals surface area contributed by atoms with Crippen LogP contribution in [0.3, 0.4) is 0 Å². The van der Waals surface area contributed by atoms with Crippen molar-refractivity contribution in [2.45, 2.75) is 19.8 Å². The monoisotopic (exact) mass is 630 g/mol. The first-order valence-electron chi connectivity index (χ1n) is 14.9. The van der Waals surface area contributed by atoms with Crippen molar-refractivity contribution in [3.8, 4) is 22.6 Å². The number of pyridine rings is 1. The van der Waals surface area contributed by atoms with Crippen molar-refractivity contribution >= 4 is 45.8 Å². The van der Waals surface area contributed by atoms with Crippen molar-refractivity contribution in [2.24, 2.45) is 0 Å². The van der Waals surface area contributed by atoms with E-state index < -0.39 is 0 Å². The Hall–Kier alpha value is -4.52. The highest BCUT2D eigenvalue weighted by atomic mass is 35.5. The summed E-state index contributed by atoms with van der Waals surface area (Å²) in [5.74, 6) is 2.24. The van der Waals surface area contributed by atoms with Gasteiger partial charge in [0.15, 0.2) is 11.3 Å². The Morgan fingerprint density at radius 3 is 2.56 bits per heavy atom. The number of aromatic nitrogens is 5. The van der Waals surface area contributed by atoms with Gasteiger partial charge in [0.25, 0.3) is 0 Å². The van der Waals surface area contributed by atoms with Gasteiger partial charge in [-0.2, -0.15) is 4.98 Å². The number of fused-ring (bicyclic) bond motifs is 3. The van der Waals surface area contributed by atoms with Crippen molar-refractivity contribution in [2.75, 3.05) is 64.2 Å². The minimum Gasteiger partial charge on any atom is -0.497 e. The fourth-order valence-electron chi connectivity index (χ4n) is 5.32. The van der Waals surface area contributed by atoms with E-state index in [4.69, 9.17) is 30.8 Å². The molecule has 0 aliphatic carbocycles. The smallest absolute Gasteiger partial charge is 0.224 e. The molecule has 0 bridgehead atoms. The molecule has 5 aromatic rings. The number of ether oxygens (including phenoxy) is 3. The molecule has 0 saturated carbocycles.